The van der Waals surface area contributed by atoms with E-state index in [1.54, 1.807) is 0 Å². The Bertz CT molecular complexity index is 517. The van der Waals surface area contributed by atoms with Crippen LogP contribution in [0.2, 0.25) is 0 Å². The van der Waals surface area contributed by atoms with Gasteiger partial charge in [0.05, 0.1) is 6.54 Å². The highest BCUT2D eigenvalue weighted by molar-refractivity contribution is 9.10. The zero-order valence-corrected chi connectivity index (χ0v) is 10.9. The van der Waals surface area contributed by atoms with E-state index < -0.39 is 0 Å². The van der Waals surface area contributed by atoms with Gasteiger partial charge in [-0.25, -0.2) is 4.98 Å². The fourth-order valence-electron chi connectivity index (χ4n) is 1.66. The van der Waals surface area contributed by atoms with E-state index in [0.717, 1.165) is 21.7 Å². The molecule has 2 rings (SSSR count). The minimum atomic E-state index is 0.420. The molecule has 0 atom stereocenters. The molecule has 0 fully saturated rings. The quantitative estimate of drug-likeness (QED) is 0.888. The summed E-state index contributed by atoms with van der Waals surface area (Å²) in [6, 6.07) is 6.34. The minimum Gasteiger partial charge on any atom is -0.335 e. The van der Waals surface area contributed by atoms with Crippen LogP contribution in [0.5, 0.6) is 0 Å². The fraction of sp³-hybridized carbons (Fsp3) is 0.250. The van der Waals surface area contributed by atoms with Gasteiger partial charge >= 0.3 is 0 Å². The molecule has 0 aliphatic rings. The number of H-pyrrole nitrogens is 1. The van der Waals surface area contributed by atoms with E-state index in [9.17, 15) is 0 Å². The summed E-state index contributed by atoms with van der Waals surface area (Å²) in [6.45, 7) is 4.58. The lowest BCUT2D eigenvalue weighted by Gasteiger charge is -2.04. The molecule has 1 aromatic carbocycles. The van der Waals surface area contributed by atoms with Crippen LogP contribution in [-0.4, -0.2) is 9.97 Å². The third kappa shape index (κ3) is 2.03. The summed E-state index contributed by atoms with van der Waals surface area (Å²) in [5, 5.41) is 0. The van der Waals surface area contributed by atoms with E-state index in [-0.39, 0.29) is 0 Å². The van der Waals surface area contributed by atoms with Gasteiger partial charge in [0.15, 0.2) is 0 Å². The standard InChI is InChI=1S/C12H14BrN3/c1-7-3-4-8(2)9(5-7)11-12(13)16-10(6-14)15-11/h3-5H,6,14H2,1-2H3,(H,15,16). The maximum Gasteiger partial charge on any atom is 0.121 e. The first-order chi connectivity index (χ1) is 7.61. The molecule has 0 radical (unpaired) electrons. The molecule has 3 N–H and O–H groups in total. The molecule has 2 aromatic rings. The highest BCUT2D eigenvalue weighted by atomic mass is 79.9. The highest BCUT2D eigenvalue weighted by Crippen LogP contribution is 2.29. The Morgan fingerprint density at radius 3 is 2.75 bits per heavy atom. The van der Waals surface area contributed by atoms with Crippen LogP contribution in [0.4, 0.5) is 0 Å². The number of imidazole rings is 1. The second-order valence-corrected chi connectivity index (χ2v) is 4.66. The first kappa shape index (κ1) is 11.4. The smallest absolute Gasteiger partial charge is 0.121 e. The monoisotopic (exact) mass is 279 g/mol. The van der Waals surface area contributed by atoms with Crippen LogP contribution in [0.25, 0.3) is 11.3 Å². The van der Waals surface area contributed by atoms with Crippen molar-refractivity contribution in [3.05, 3.63) is 39.8 Å². The average molecular weight is 280 g/mol. The zero-order valence-electron chi connectivity index (χ0n) is 9.34. The number of halogens is 1. The van der Waals surface area contributed by atoms with Crippen LogP contribution in [0, 0.1) is 13.8 Å². The average Bonchev–Trinajstić information content (AvgIpc) is 2.63. The van der Waals surface area contributed by atoms with E-state index in [0.29, 0.717) is 6.54 Å². The molecular weight excluding hydrogens is 266 g/mol. The minimum absolute atomic E-state index is 0.420. The Morgan fingerprint density at radius 1 is 1.38 bits per heavy atom. The third-order valence-corrected chi connectivity index (χ3v) is 3.12. The van der Waals surface area contributed by atoms with Gasteiger partial charge in [0.25, 0.3) is 0 Å². The normalized spacial score (nSPS) is 10.8. The number of hydrogen-bond donors (Lipinski definition) is 2. The van der Waals surface area contributed by atoms with Gasteiger partial charge in [0, 0.05) is 5.56 Å². The second kappa shape index (κ2) is 4.39. The lowest BCUT2D eigenvalue weighted by atomic mass is 10.0. The summed E-state index contributed by atoms with van der Waals surface area (Å²) in [5.41, 5.74) is 10.1. The molecule has 0 saturated carbocycles. The lowest BCUT2D eigenvalue weighted by molar-refractivity contribution is 0.947. The number of nitrogens with two attached hydrogens (primary N) is 1. The molecule has 4 heteroatoms. The van der Waals surface area contributed by atoms with E-state index in [4.69, 9.17) is 5.73 Å². The summed E-state index contributed by atoms with van der Waals surface area (Å²) in [6.07, 6.45) is 0. The topological polar surface area (TPSA) is 54.7 Å². The van der Waals surface area contributed by atoms with Crippen molar-refractivity contribution in [3.8, 4) is 11.3 Å². The predicted molar refractivity (Wildman–Crippen MR) is 69.1 cm³/mol. The van der Waals surface area contributed by atoms with E-state index in [1.807, 2.05) is 0 Å². The molecule has 84 valence electrons. The van der Waals surface area contributed by atoms with Crippen LogP contribution in [0.1, 0.15) is 17.0 Å². The summed E-state index contributed by atoms with van der Waals surface area (Å²) in [4.78, 5) is 7.59. The molecule has 1 aromatic heterocycles. The number of nitrogens with one attached hydrogen (secondary N) is 1. The van der Waals surface area contributed by atoms with Crippen molar-refractivity contribution >= 4 is 15.9 Å². The predicted octanol–water partition coefficient (Wildman–Crippen LogP) is 2.91. The van der Waals surface area contributed by atoms with Gasteiger partial charge in [-0.05, 0) is 41.4 Å². The molecule has 0 unspecified atom stereocenters. The number of benzene rings is 1. The Kier molecular flexibility index (Phi) is 3.12. The molecule has 16 heavy (non-hydrogen) atoms. The molecule has 1 heterocycles. The first-order valence-electron chi connectivity index (χ1n) is 5.14. The lowest BCUT2D eigenvalue weighted by Crippen LogP contribution is -1.98. The third-order valence-electron chi connectivity index (χ3n) is 2.55. The zero-order chi connectivity index (χ0) is 11.7. The van der Waals surface area contributed by atoms with Crippen LogP contribution in [0.15, 0.2) is 22.8 Å². The SMILES string of the molecule is Cc1ccc(C)c(-c2nc(CN)[nH]c2Br)c1. The van der Waals surface area contributed by atoms with Crippen LogP contribution in [-0.2, 0) is 6.54 Å². The molecule has 3 nitrogen and oxygen atoms in total. The van der Waals surface area contributed by atoms with Crippen molar-refractivity contribution in [3.63, 3.8) is 0 Å². The molecule has 0 aliphatic heterocycles. The van der Waals surface area contributed by atoms with Gasteiger partial charge < -0.3 is 10.7 Å². The summed E-state index contributed by atoms with van der Waals surface area (Å²) in [7, 11) is 0. The maximum atomic E-state index is 5.56. The molecule has 0 spiro atoms. The molecule has 0 aliphatic carbocycles. The van der Waals surface area contributed by atoms with Crippen LogP contribution < -0.4 is 5.73 Å². The maximum absolute atomic E-state index is 5.56. The molecule has 0 saturated heterocycles. The van der Waals surface area contributed by atoms with Gasteiger partial charge in [0.2, 0.25) is 0 Å². The van der Waals surface area contributed by atoms with Crippen molar-refractivity contribution in [2.75, 3.05) is 0 Å². The number of nitrogens with zero attached hydrogens (tertiary/aromatic N) is 1. The number of aromatic amines is 1. The Labute approximate surface area is 103 Å². The molecule has 0 amide bonds. The fourth-order valence-corrected chi connectivity index (χ4v) is 2.20. The summed E-state index contributed by atoms with van der Waals surface area (Å²) >= 11 is 3.48. The van der Waals surface area contributed by atoms with Crippen molar-refractivity contribution in [2.24, 2.45) is 5.73 Å². The van der Waals surface area contributed by atoms with Crippen molar-refractivity contribution < 1.29 is 0 Å². The Balaban J connectivity index is 2.57. The van der Waals surface area contributed by atoms with Crippen LogP contribution >= 0.6 is 15.9 Å². The van der Waals surface area contributed by atoms with Crippen molar-refractivity contribution in [2.45, 2.75) is 20.4 Å². The number of rotatable bonds is 2. The first-order valence-corrected chi connectivity index (χ1v) is 5.93. The van der Waals surface area contributed by atoms with Crippen molar-refractivity contribution in [1.29, 1.82) is 0 Å². The van der Waals surface area contributed by atoms with Gasteiger partial charge in [-0.2, -0.15) is 0 Å². The van der Waals surface area contributed by atoms with Gasteiger partial charge in [-0.15, -0.1) is 0 Å². The van der Waals surface area contributed by atoms with E-state index >= 15 is 0 Å². The van der Waals surface area contributed by atoms with Crippen molar-refractivity contribution in [1.82, 2.24) is 9.97 Å². The van der Waals surface area contributed by atoms with Crippen LogP contribution in [0.3, 0.4) is 0 Å². The summed E-state index contributed by atoms with van der Waals surface area (Å²) in [5.74, 6) is 0.794. The molecular formula is C12H14BrN3. The number of aromatic nitrogens is 2. The largest absolute Gasteiger partial charge is 0.335 e. The Morgan fingerprint density at radius 2 is 2.12 bits per heavy atom. The molecule has 0 bridgehead atoms. The van der Waals surface area contributed by atoms with E-state index in [1.165, 1.54) is 11.1 Å². The van der Waals surface area contributed by atoms with E-state index in [2.05, 4.69) is 57.9 Å². The van der Waals surface area contributed by atoms with Gasteiger partial charge in [-0.1, -0.05) is 17.7 Å². The second-order valence-electron chi connectivity index (χ2n) is 3.87. The number of hydrogen-bond acceptors (Lipinski definition) is 2. The highest BCUT2D eigenvalue weighted by Gasteiger charge is 2.11. The Hall–Kier alpha value is -1.13. The van der Waals surface area contributed by atoms with Gasteiger partial charge in [0.1, 0.15) is 16.1 Å². The van der Waals surface area contributed by atoms with Gasteiger partial charge in [-0.3, -0.25) is 0 Å². The summed E-state index contributed by atoms with van der Waals surface area (Å²) < 4.78 is 0.890. The number of aryl methyl sites for hydroxylation is 2.